The molecule has 0 N–H and O–H groups in total. The van der Waals surface area contributed by atoms with Gasteiger partial charge in [-0.1, -0.05) is 13.0 Å². The van der Waals surface area contributed by atoms with Crippen LogP contribution in [0.15, 0.2) is 23.4 Å². The van der Waals surface area contributed by atoms with Crippen LogP contribution < -0.4 is 0 Å². The maximum Gasteiger partial charge on any atom is 0.433 e. The van der Waals surface area contributed by atoms with Crippen molar-refractivity contribution in [3.8, 4) is 11.5 Å². The van der Waals surface area contributed by atoms with Crippen LogP contribution in [0, 0.1) is 5.92 Å². The van der Waals surface area contributed by atoms with E-state index in [0.717, 1.165) is 12.3 Å². The molecule has 1 aliphatic rings. The summed E-state index contributed by atoms with van der Waals surface area (Å²) in [6.07, 6.45) is -7.00. The normalized spacial score (nSPS) is 17.7. The van der Waals surface area contributed by atoms with Crippen molar-refractivity contribution < 1.29 is 34.8 Å². The predicted octanol–water partition coefficient (Wildman–Crippen LogP) is 4.93. The molecule has 0 amide bonds. The Balaban J connectivity index is 1.89. The third-order valence-electron chi connectivity index (χ3n) is 6.15. The summed E-state index contributed by atoms with van der Waals surface area (Å²) >= 11 is 0. The van der Waals surface area contributed by atoms with Gasteiger partial charge >= 0.3 is 12.4 Å². The second-order valence-electron chi connectivity index (χ2n) is 8.34. The topological polar surface area (TPSA) is 82.7 Å². The largest absolute Gasteiger partial charge is 0.433 e. The van der Waals surface area contributed by atoms with E-state index in [9.17, 15) is 34.8 Å². The van der Waals surface area contributed by atoms with Gasteiger partial charge in [0.25, 0.3) is 0 Å². The first-order chi connectivity index (χ1) is 16.1. The van der Waals surface area contributed by atoms with Crippen molar-refractivity contribution in [3.05, 3.63) is 29.9 Å². The maximum absolute atomic E-state index is 13.1. The molecular weight excluding hydrogens is 500 g/mol. The molecule has 0 bridgehead atoms. The molecule has 1 atom stereocenters. The Morgan fingerprint density at radius 3 is 2.29 bits per heavy atom. The summed E-state index contributed by atoms with van der Waals surface area (Å²) in [5.41, 5.74) is -0.599. The van der Waals surface area contributed by atoms with E-state index in [1.54, 1.807) is 0 Å². The number of aromatic nitrogens is 5. The molecule has 3 aromatic rings. The zero-order valence-electron chi connectivity index (χ0n) is 18.9. The molecule has 0 fully saturated rings. The lowest BCUT2D eigenvalue weighted by molar-refractivity contribution is -0.175. The number of imidazole rings is 2. The molecule has 0 saturated carbocycles. The second kappa shape index (κ2) is 8.35. The SMILES string of the molecule is CCS(=O)(=O)c1c(-c2nc3cc(C(F)(F)F)ncc3n2C)nc(C2=CCC(C(F)(F)F)CC2)n1C. The molecule has 1 aliphatic carbocycles. The van der Waals surface area contributed by atoms with Crippen molar-refractivity contribution in [3.63, 3.8) is 0 Å². The first-order valence-electron chi connectivity index (χ1n) is 10.6. The monoisotopic (exact) mass is 521 g/mol. The highest BCUT2D eigenvalue weighted by atomic mass is 32.2. The molecule has 0 radical (unpaired) electrons. The average molecular weight is 521 g/mol. The van der Waals surface area contributed by atoms with E-state index in [0.29, 0.717) is 5.57 Å². The van der Waals surface area contributed by atoms with Crippen LogP contribution in [0.3, 0.4) is 0 Å². The molecule has 14 heteroatoms. The van der Waals surface area contributed by atoms with E-state index >= 15 is 0 Å². The number of aryl methyl sites for hydroxylation is 1. The number of hydrogen-bond donors (Lipinski definition) is 0. The number of nitrogens with zero attached hydrogens (tertiary/aromatic N) is 5. The van der Waals surface area contributed by atoms with Crippen molar-refractivity contribution in [1.29, 1.82) is 0 Å². The first kappa shape index (κ1) is 25.2. The minimum absolute atomic E-state index is 0.000392. The van der Waals surface area contributed by atoms with Gasteiger partial charge in [-0.25, -0.2) is 23.4 Å². The van der Waals surface area contributed by atoms with Gasteiger partial charge in [-0.3, -0.25) is 0 Å². The fourth-order valence-corrected chi connectivity index (χ4v) is 5.41. The summed E-state index contributed by atoms with van der Waals surface area (Å²) in [5, 5.41) is -0.212. The van der Waals surface area contributed by atoms with Gasteiger partial charge in [0.05, 0.1) is 28.9 Å². The van der Waals surface area contributed by atoms with Gasteiger partial charge in [-0.15, -0.1) is 0 Å². The van der Waals surface area contributed by atoms with Crippen molar-refractivity contribution >= 4 is 26.4 Å². The molecule has 3 aromatic heterocycles. The summed E-state index contributed by atoms with van der Waals surface area (Å²) in [5.74, 6) is -1.61. The van der Waals surface area contributed by atoms with Gasteiger partial charge in [-0.2, -0.15) is 26.3 Å². The van der Waals surface area contributed by atoms with Crippen LogP contribution in [0.5, 0.6) is 0 Å². The molecule has 3 heterocycles. The Labute approximate surface area is 196 Å². The Bertz CT molecular complexity index is 1430. The van der Waals surface area contributed by atoms with Gasteiger partial charge in [0, 0.05) is 14.1 Å². The second-order valence-corrected chi connectivity index (χ2v) is 10.5. The molecule has 0 spiro atoms. The molecule has 0 aromatic carbocycles. The Morgan fingerprint density at radius 1 is 1.06 bits per heavy atom. The third kappa shape index (κ3) is 4.43. The van der Waals surface area contributed by atoms with E-state index in [4.69, 9.17) is 0 Å². The predicted molar refractivity (Wildman–Crippen MR) is 115 cm³/mol. The van der Waals surface area contributed by atoms with Gasteiger partial charge < -0.3 is 9.13 Å². The molecule has 7 nitrogen and oxygen atoms in total. The van der Waals surface area contributed by atoms with Crippen LogP contribution >= 0.6 is 0 Å². The zero-order valence-corrected chi connectivity index (χ0v) is 19.7. The molecule has 190 valence electrons. The van der Waals surface area contributed by atoms with Crippen molar-refractivity contribution in [2.75, 3.05) is 5.75 Å². The number of sulfone groups is 1. The van der Waals surface area contributed by atoms with Gasteiger partial charge in [0.2, 0.25) is 0 Å². The standard InChI is InChI=1S/C21H21F6N5O2S/c1-4-35(33,34)19-16(18-29-13-9-15(21(25,26)27)28-10-14(13)31(18)2)30-17(32(19)3)11-5-7-12(8-6-11)20(22,23)24/h5,9-10,12H,4,6-8H2,1-3H3. The van der Waals surface area contributed by atoms with Gasteiger partial charge in [0.15, 0.2) is 20.7 Å². The summed E-state index contributed by atoms with van der Waals surface area (Å²) < 4.78 is 107. The highest BCUT2D eigenvalue weighted by molar-refractivity contribution is 7.91. The number of alkyl halides is 6. The maximum atomic E-state index is 13.1. The third-order valence-corrected chi connectivity index (χ3v) is 7.96. The molecule has 4 rings (SSSR count). The van der Waals surface area contributed by atoms with Crippen LogP contribution in [0.1, 0.15) is 37.7 Å². The molecule has 0 saturated heterocycles. The van der Waals surface area contributed by atoms with Crippen LogP contribution in [0.4, 0.5) is 26.3 Å². The van der Waals surface area contributed by atoms with Crippen molar-refractivity contribution in [2.45, 2.75) is 43.6 Å². The average Bonchev–Trinajstić information content (AvgIpc) is 3.29. The van der Waals surface area contributed by atoms with Crippen LogP contribution in [0.25, 0.3) is 28.1 Å². The highest BCUT2D eigenvalue weighted by Gasteiger charge is 2.40. The number of rotatable bonds is 4. The fraction of sp³-hybridized carbons (Fsp3) is 0.476. The smallest absolute Gasteiger partial charge is 0.324 e. The minimum Gasteiger partial charge on any atom is -0.324 e. The van der Waals surface area contributed by atoms with Crippen molar-refractivity contribution in [1.82, 2.24) is 24.1 Å². The zero-order chi connectivity index (χ0) is 25.9. The lowest BCUT2D eigenvalue weighted by atomic mass is 9.89. The van der Waals surface area contributed by atoms with E-state index in [1.807, 2.05) is 0 Å². The van der Waals surface area contributed by atoms with Crippen LogP contribution in [0.2, 0.25) is 0 Å². The molecular formula is C21H21F6N5O2S. The molecule has 35 heavy (non-hydrogen) atoms. The Morgan fingerprint density at radius 2 is 1.74 bits per heavy atom. The highest BCUT2D eigenvalue weighted by Crippen LogP contribution is 2.41. The first-order valence-corrected chi connectivity index (χ1v) is 12.3. The lowest BCUT2D eigenvalue weighted by Crippen LogP contribution is -2.24. The molecule has 1 unspecified atom stereocenters. The fourth-order valence-electron chi connectivity index (χ4n) is 4.20. The van der Waals surface area contributed by atoms with Crippen LogP contribution in [-0.4, -0.2) is 44.4 Å². The van der Waals surface area contributed by atoms with E-state index < -0.39 is 33.8 Å². The Kier molecular flexibility index (Phi) is 6.01. The number of halogens is 6. The van der Waals surface area contributed by atoms with E-state index in [1.165, 1.54) is 36.2 Å². The lowest BCUT2D eigenvalue weighted by Gasteiger charge is -2.23. The number of pyridine rings is 1. The summed E-state index contributed by atoms with van der Waals surface area (Å²) in [6, 6.07) is 0.762. The number of allylic oxidation sites excluding steroid dienone is 2. The van der Waals surface area contributed by atoms with E-state index in [2.05, 4.69) is 15.0 Å². The molecule has 0 aliphatic heterocycles. The summed E-state index contributed by atoms with van der Waals surface area (Å²) in [4.78, 5) is 12.1. The summed E-state index contributed by atoms with van der Waals surface area (Å²) in [7, 11) is -0.969. The minimum atomic E-state index is -4.69. The number of fused-ring (bicyclic) bond motifs is 1. The Hall–Kier alpha value is -2.90. The van der Waals surface area contributed by atoms with Gasteiger partial charge in [-0.05, 0) is 30.9 Å². The van der Waals surface area contributed by atoms with Gasteiger partial charge in [0.1, 0.15) is 17.2 Å². The van der Waals surface area contributed by atoms with Crippen molar-refractivity contribution in [2.24, 2.45) is 20.0 Å². The van der Waals surface area contributed by atoms with E-state index in [-0.39, 0.29) is 58.4 Å². The summed E-state index contributed by atoms with van der Waals surface area (Å²) in [6.45, 7) is 1.42. The quantitative estimate of drug-likeness (QED) is 0.455. The van der Waals surface area contributed by atoms with Crippen LogP contribution in [-0.2, 0) is 30.1 Å². The number of hydrogen-bond acceptors (Lipinski definition) is 5.